The molecule has 0 aliphatic carbocycles. The molecule has 6 rings (SSSR count). The van der Waals surface area contributed by atoms with E-state index in [1.807, 2.05) is 4.90 Å². The lowest BCUT2D eigenvalue weighted by atomic mass is 9.99. The van der Waals surface area contributed by atoms with Crippen LogP contribution in [0.3, 0.4) is 0 Å². The third-order valence-corrected chi connectivity index (χ3v) is 9.43. The number of halogens is 2. The molecule has 2 aromatic carbocycles. The van der Waals surface area contributed by atoms with Gasteiger partial charge in [-0.05, 0) is 63.4 Å². The number of imide groups is 1. The number of anilines is 1. The van der Waals surface area contributed by atoms with E-state index in [0.29, 0.717) is 44.1 Å². The Bertz CT molecular complexity index is 1790. The number of aromatic nitrogens is 2. The molecule has 264 valence electrons. The Labute approximate surface area is 283 Å². The Kier molecular flexibility index (Phi) is 9.44. The standard InChI is InChI=1S/C35H43F2N5O7/c1-35(2,3)49-34(46)39-15-14-28(24(36)19-39)48-20-22-16-40(17-22)25-10-11-26-31(30(25)37)38(4)33(45)42(26)27-12-13-29(43)41(32(27)44)18-21-6-8-23(47-5)9-7-21/h6-11,22,24,27-28H,12-20H2,1-5H3/t24-,27?,28-/m1/s1. The topological polar surface area (TPSA) is 116 Å². The van der Waals surface area contributed by atoms with Crippen molar-refractivity contribution in [2.75, 3.05) is 44.8 Å². The zero-order valence-electron chi connectivity index (χ0n) is 28.5. The van der Waals surface area contributed by atoms with Gasteiger partial charge in [0.05, 0.1) is 44.1 Å². The second-order valence-corrected chi connectivity index (χ2v) is 14.1. The zero-order chi connectivity index (χ0) is 35.2. The first-order chi connectivity index (χ1) is 23.3. The largest absolute Gasteiger partial charge is 0.497 e. The number of aryl methyl sites for hydroxylation is 1. The van der Waals surface area contributed by atoms with E-state index in [9.17, 15) is 23.6 Å². The Morgan fingerprint density at radius 1 is 1.00 bits per heavy atom. The number of carbonyl (C=O) groups excluding carboxylic acids is 3. The quantitative estimate of drug-likeness (QED) is 0.325. The lowest BCUT2D eigenvalue weighted by Gasteiger charge is -2.42. The molecule has 3 atom stereocenters. The van der Waals surface area contributed by atoms with Crippen LogP contribution < -0.4 is 15.3 Å². The minimum atomic E-state index is -1.34. The van der Waals surface area contributed by atoms with Crippen LogP contribution in [0, 0.1) is 11.7 Å². The lowest BCUT2D eigenvalue weighted by molar-refractivity contribution is -0.151. The van der Waals surface area contributed by atoms with Gasteiger partial charge in [-0.25, -0.2) is 18.4 Å². The summed E-state index contributed by atoms with van der Waals surface area (Å²) in [5, 5.41) is 0. The summed E-state index contributed by atoms with van der Waals surface area (Å²) in [5.41, 5.74) is 0.193. The smallest absolute Gasteiger partial charge is 0.410 e. The first-order valence-electron chi connectivity index (χ1n) is 16.6. The molecular weight excluding hydrogens is 640 g/mol. The molecule has 3 amide bonds. The molecule has 0 bridgehead atoms. The maximum atomic E-state index is 16.1. The van der Waals surface area contributed by atoms with Crippen LogP contribution in [0.25, 0.3) is 11.0 Å². The summed E-state index contributed by atoms with van der Waals surface area (Å²) >= 11 is 0. The molecule has 14 heteroatoms. The normalized spacial score (nSPS) is 22.1. The molecule has 3 fully saturated rings. The number of amides is 3. The lowest BCUT2D eigenvalue weighted by Crippen LogP contribution is -2.52. The molecule has 0 radical (unpaired) electrons. The van der Waals surface area contributed by atoms with Gasteiger partial charge < -0.3 is 24.0 Å². The molecule has 3 aliphatic rings. The highest BCUT2D eigenvalue weighted by molar-refractivity contribution is 6.00. The van der Waals surface area contributed by atoms with Crippen molar-refractivity contribution < 1.29 is 37.4 Å². The van der Waals surface area contributed by atoms with Crippen LogP contribution in [-0.4, -0.2) is 94.6 Å². The predicted octanol–water partition coefficient (Wildman–Crippen LogP) is 4.18. The van der Waals surface area contributed by atoms with Crippen LogP contribution in [0.4, 0.5) is 19.3 Å². The third-order valence-electron chi connectivity index (χ3n) is 9.43. The van der Waals surface area contributed by atoms with E-state index in [4.69, 9.17) is 14.2 Å². The van der Waals surface area contributed by atoms with Crippen LogP contribution in [0.5, 0.6) is 5.75 Å². The van der Waals surface area contributed by atoms with Crippen LogP contribution in [0.2, 0.25) is 0 Å². The molecule has 1 unspecified atom stereocenters. The highest BCUT2D eigenvalue weighted by Gasteiger charge is 2.39. The molecule has 0 saturated carbocycles. The van der Waals surface area contributed by atoms with Crippen LogP contribution >= 0.6 is 0 Å². The molecule has 3 aliphatic heterocycles. The SMILES string of the molecule is COc1ccc(CN2C(=O)CCC(n3c(=O)n(C)c4c(F)c(N5CC(CO[C@@H]6CCN(C(=O)OC(C)(C)C)C[C@H]6F)C5)ccc43)C2=O)cc1. The van der Waals surface area contributed by atoms with Crippen molar-refractivity contribution in [3.05, 3.63) is 58.3 Å². The second kappa shape index (κ2) is 13.4. The summed E-state index contributed by atoms with van der Waals surface area (Å²) in [4.78, 5) is 56.6. The maximum absolute atomic E-state index is 16.1. The van der Waals surface area contributed by atoms with Crippen molar-refractivity contribution in [1.82, 2.24) is 18.9 Å². The number of likely N-dealkylation sites (tertiary alicyclic amines) is 2. The number of hydrogen-bond donors (Lipinski definition) is 0. The van der Waals surface area contributed by atoms with E-state index in [2.05, 4.69) is 0 Å². The molecule has 3 saturated heterocycles. The van der Waals surface area contributed by atoms with E-state index < -0.39 is 47.4 Å². The van der Waals surface area contributed by atoms with Crippen molar-refractivity contribution in [2.45, 2.75) is 70.5 Å². The summed E-state index contributed by atoms with van der Waals surface area (Å²) in [7, 11) is 3.02. The van der Waals surface area contributed by atoms with Gasteiger partial charge in [0, 0.05) is 39.0 Å². The molecule has 0 N–H and O–H groups in total. The van der Waals surface area contributed by atoms with Gasteiger partial charge in [-0.3, -0.25) is 23.6 Å². The van der Waals surface area contributed by atoms with E-state index in [-0.39, 0.29) is 48.8 Å². The number of fused-ring (bicyclic) bond motifs is 1. The number of imidazole rings is 1. The molecule has 1 aromatic heterocycles. The van der Waals surface area contributed by atoms with E-state index in [1.165, 1.54) is 21.1 Å². The molecule has 0 spiro atoms. The zero-order valence-corrected chi connectivity index (χ0v) is 28.5. The van der Waals surface area contributed by atoms with Gasteiger partial charge >= 0.3 is 11.8 Å². The maximum Gasteiger partial charge on any atom is 0.410 e. The molecule has 49 heavy (non-hydrogen) atoms. The van der Waals surface area contributed by atoms with Crippen molar-refractivity contribution in [3.63, 3.8) is 0 Å². The second-order valence-electron chi connectivity index (χ2n) is 14.1. The number of benzene rings is 2. The minimum absolute atomic E-state index is 0.0489. The highest BCUT2D eigenvalue weighted by Crippen LogP contribution is 2.35. The number of alkyl halides is 1. The average Bonchev–Trinajstić information content (AvgIpc) is 3.29. The van der Waals surface area contributed by atoms with Crippen molar-refractivity contribution in [2.24, 2.45) is 13.0 Å². The summed E-state index contributed by atoms with van der Waals surface area (Å²) in [6, 6.07) is 9.31. The Balaban J connectivity index is 1.10. The molecule has 4 heterocycles. The minimum Gasteiger partial charge on any atom is -0.497 e. The number of carbonyl (C=O) groups is 3. The molecular formula is C35H43F2N5O7. The van der Waals surface area contributed by atoms with Gasteiger partial charge in [0.2, 0.25) is 5.91 Å². The van der Waals surface area contributed by atoms with E-state index >= 15 is 4.39 Å². The number of piperidine rings is 2. The first-order valence-corrected chi connectivity index (χ1v) is 16.6. The average molecular weight is 684 g/mol. The fourth-order valence-electron chi connectivity index (χ4n) is 6.80. The van der Waals surface area contributed by atoms with Crippen LogP contribution in [0.1, 0.15) is 51.6 Å². The fourth-order valence-corrected chi connectivity index (χ4v) is 6.80. The van der Waals surface area contributed by atoms with Gasteiger partial charge in [0.1, 0.15) is 29.1 Å². The van der Waals surface area contributed by atoms with Gasteiger partial charge in [-0.1, -0.05) is 12.1 Å². The fraction of sp³-hybridized carbons (Fsp3) is 0.543. The molecule has 3 aromatic rings. The highest BCUT2D eigenvalue weighted by atomic mass is 19.1. The number of ether oxygens (including phenoxy) is 3. The Morgan fingerprint density at radius 3 is 2.37 bits per heavy atom. The summed E-state index contributed by atoms with van der Waals surface area (Å²) in [5.74, 6) is -0.726. The van der Waals surface area contributed by atoms with Gasteiger partial charge in [0.15, 0.2) is 5.82 Å². The number of methoxy groups -OCH3 is 1. The Hall–Kier alpha value is -4.46. The summed E-state index contributed by atoms with van der Waals surface area (Å²) in [6.07, 6.45) is -1.97. The van der Waals surface area contributed by atoms with Crippen LogP contribution in [-0.2, 0) is 32.7 Å². The first kappa shape index (κ1) is 34.4. The summed E-state index contributed by atoms with van der Waals surface area (Å²) < 4.78 is 49.9. The number of hydrogen-bond acceptors (Lipinski definition) is 8. The number of rotatable bonds is 8. The van der Waals surface area contributed by atoms with E-state index in [1.54, 1.807) is 64.3 Å². The van der Waals surface area contributed by atoms with Crippen LogP contribution in [0.15, 0.2) is 41.2 Å². The van der Waals surface area contributed by atoms with E-state index in [0.717, 1.165) is 10.5 Å². The van der Waals surface area contributed by atoms with Gasteiger partial charge in [-0.2, -0.15) is 0 Å². The number of nitrogens with zero attached hydrogens (tertiary/aromatic N) is 5. The van der Waals surface area contributed by atoms with Crippen molar-refractivity contribution in [1.29, 1.82) is 0 Å². The Morgan fingerprint density at radius 2 is 1.71 bits per heavy atom. The van der Waals surface area contributed by atoms with Crippen molar-refractivity contribution >= 4 is 34.6 Å². The monoisotopic (exact) mass is 683 g/mol. The third kappa shape index (κ3) is 6.87. The predicted molar refractivity (Wildman–Crippen MR) is 177 cm³/mol. The van der Waals surface area contributed by atoms with Gasteiger partial charge in [-0.15, -0.1) is 0 Å². The van der Waals surface area contributed by atoms with Gasteiger partial charge in [0.25, 0.3) is 5.91 Å². The summed E-state index contributed by atoms with van der Waals surface area (Å²) in [6.45, 7) is 6.84. The van der Waals surface area contributed by atoms with Crippen molar-refractivity contribution in [3.8, 4) is 5.75 Å². The molecule has 12 nitrogen and oxygen atoms in total.